The summed E-state index contributed by atoms with van der Waals surface area (Å²) >= 11 is 3.40. The maximum atomic E-state index is 13.2. The van der Waals surface area contributed by atoms with Crippen molar-refractivity contribution in [1.29, 1.82) is 0 Å². The average Bonchev–Trinajstić information content (AvgIpc) is 2.30. The number of hydrogen-bond acceptors (Lipinski definition) is 2. The predicted molar refractivity (Wildman–Crippen MR) is 69.8 cm³/mol. The molecule has 0 aliphatic heterocycles. The number of halogens is 2. The molecule has 2 rings (SSSR count). The monoisotopic (exact) mass is 295 g/mol. The highest BCUT2D eigenvalue weighted by Crippen LogP contribution is 2.30. The maximum absolute atomic E-state index is 13.2. The molecule has 17 heavy (non-hydrogen) atoms. The van der Waals surface area contributed by atoms with Gasteiger partial charge in [-0.25, -0.2) is 4.39 Å². The van der Waals surface area contributed by atoms with Gasteiger partial charge in [0.05, 0.1) is 0 Å². The minimum absolute atomic E-state index is 0.0214. The molecule has 0 fully saturated rings. The van der Waals surface area contributed by atoms with Crippen LogP contribution in [-0.4, -0.2) is 0 Å². The van der Waals surface area contributed by atoms with Crippen LogP contribution in [0.25, 0.3) is 0 Å². The van der Waals surface area contributed by atoms with E-state index in [2.05, 4.69) is 15.9 Å². The Morgan fingerprint density at radius 2 is 2.00 bits per heavy atom. The highest BCUT2D eigenvalue weighted by Gasteiger charge is 2.07. The quantitative estimate of drug-likeness (QED) is 0.840. The van der Waals surface area contributed by atoms with Crippen molar-refractivity contribution < 1.29 is 9.13 Å². The van der Waals surface area contributed by atoms with Crippen LogP contribution in [0.5, 0.6) is 11.5 Å². The van der Waals surface area contributed by atoms with Gasteiger partial charge in [0.1, 0.15) is 17.3 Å². The van der Waals surface area contributed by atoms with Crippen LogP contribution in [0.15, 0.2) is 40.9 Å². The first-order chi connectivity index (χ1) is 8.08. The lowest BCUT2D eigenvalue weighted by Gasteiger charge is -2.09. The van der Waals surface area contributed by atoms with Gasteiger partial charge < -0.3 is 10.5 Å². The van der Waals surface area contributed by atoms with E-state index in [1.165, 1.54) is 6.07 Å². The number of ether oxygens (including phenoxy) is 1. The van der Waals surface area contributed by atoms with Crippen molar-refractivity contribution in [3.05, 3.63) is 52.3 Å². The van der Waals surface area contributed by atoms with Gasteiger partial charge in [-0.1, -0.05) is 22.0 Å². The van der Waals surface area contributed by atoms with Crippen LogP contribution < -0.4 is 10.5 Å². The van der Waals surface area contributed by atoms with Gasteiger partial charge in [0.15, 0.2) is 5.75 Å². The number of hydrogen-bond donors (Lipinski definition) is 1. The molecule has 88 valence electrons. The summed E-state index contributed by atoms with van der Waals surface area (Å²) in [6.45, 7) is 1.95. The minimum atomic E-state index is -0.476. The van der Waals surface area contributed by atoms with Crippen molar-refractivity contribution in [3.8, 4) is 11.5 Å². The summed E-state index contributed by atoms with van der Waals surface area (Å²) in [5, 5.41) is 0. The number of nitrogens with two attached hydrogens (primary N) is 1. The lowest BCUT2D eigenvalue weighted by atomic mass is 10.2. The van der Waals surface area contributed by atoms with Gasteiger partial charge in [-0.3, -0.25) is 0 Å². The molecule has 0 saturated carbocycles. The van der Waals surface area contributed by atoms with Crippen molar-refractivity contribution in [3.63, 3.8) is 0 Å². The standard InChI is InChI=1S/C13H11BrFNO/c1-8-7-9(5-6-10(8)14)17-12-4-2-3-11(15)13(12)16/h2-7H,16H2,1H3. The molecule has 4 heteroatoms. The molecule has 0 heterocycles. The average molecular weight is 296 g/mol. The molecule has 0 saturated heterocycles. The van der Waals surface area contributed by atoms with E-state index in [0.717, 1.165) is 10.0 Å². The highest BCUT2D eigenvalue weighted by atomic mass is 79.9. The summed E-state index contributed by atoms with van der Waals surface area (Å²) in [5.41, 5.74) is 6.65. The summed E-state index contributed by atoms with van der Waals surface area (Å²) in [5.74, 6) is 0.478. The van der Waals surface area contributed by atoms with E-state index in [1.807, 2.05) is 19.1 Å². The summed E-state index contributed by atoms with van der Waals surface area (Å²) in [6.07, 6.45) is 0. The molecule has 0 aliphatic carbocycles. The summed E-state index contributed by atoms with van der Waals surface area (Å²) < 4.78 is 19.8. The number of para-hydroxylation sites is 1. The maximum Gasteiger partial charge on any atom is 0.153 e. The number of nitrogen functional groups attached to an aromatic ring is 1. The molecular formula is C13H11BrFNO. The number of rotatable bonds is 2. The molecule has 0 atom stereocenters. The van der Waals surface area contributed by atoms with Crippen LogP contribution in [0.4, 0.5) is 10.1 Å². The van der Waals surface area contributed by atoms with Crippen molar-refractivity contribution in [2.24, 2.45) is 0 Å². The van der Waals surface area contributed by atoms with Gasteiger partial charge in [0.25, 0.3) is 0 Å². The highest BCUT2D eigenvalue weighted by molar-refractivity contribution is 9.10. The zero-order chi connectivity index (χ0) is 12.4. The van der Waals surface area contributed by atoms with E-state index in [0.29, 0.717) is 11.5 Å². The van der Waals surface area contributed by atoms with Crippen molar-refractivity contribution in [2.45, 2.75) is 6.92 Å². The molecule has 0 aromatic heterocycles. The summed E-state index contributed by atoms with van der Waals surface area (Å²) in [7, 11) is 0. The number of aryl methyl sites for hydroxylation is 1. The predicted octanol–water partition coefficient (Wildman–Crippen LogP) is 4.27. The largest absolute Gasteiger partial charge is 0.455 e. The van der Waals surface area contributed by atoms with E-state index in [1.54, 1.807) is 18.2 Å². The molecule has 2 nitrogen and oxygen atoms in total. The van der Waals surface area contributed by atoms with E-state index in [9.17, 15) is 4.39 Å². The summed E-state index contributed by atoms with van der Waals surface area (Å²) in [6, 6.07) is 10.0. The fourth-order valence-corrected chi connectivity index (χ4v) is 1.66. The van der Waals surface area contributed by atoms with E-state index < -0.39 is 5.82 Å². The van der Waals surface area contributed by atoms with Crippen molar-refractivity contribution in [1.82, 2.24) is 0 Å². The lowest BCUT2D eigenvalue weighted by molar-refractivity contribution is 0.480. The van der Waals surface area contributed by atoms with E-state index in [-0.39, 0.29) is 5.69 Å². The third-order valence-electron chi connectivity index (χ3n) is 2.37. The number of anilines is 1. The molecule has 0 aliphatic rings. The van der Waals surface area contributed by atoms with Gasteiger partial charge in [-0.15, -0.1) is 0 Å². The molecule has 2 N–H and O–H groups in total. The molecular weight excluding hydrogens is 285 g/mol. The van der Waals surface area contributed by atoms with Crippen LogP contribution >= 0.6 is 15.9 Å². The smallest absolute Gasteiger partial charge is 0.153 e. The zero-order valence-corrected chi connectivity index (χ0v) is 10.8. The molecule has 0 spiro atoms. The van der Waals surface area contributed by atoms with Gasteiger partial charge in [-0.05, 0) is 42.8 Å². The summed E-state index contributed by atoms with van der Waals surface area (Å²) in [4.78, 5) is 0. The Balaban J connectivity index is 2.31. The third-order valence-corrected chi connectivity index (χ3v) is 3.26. The van der Waals surface area contributed by atoms with Crippen LogP contribution in [0, 0.1) is 12.7 Å². The second-order valence-corrected chi connectivity index (χ2v) is 4.52. The van der Waals surface area contributed by atoms with Gasteiger partial charge in [-0.2, -0.15) is 0 Å². The molecule has 2 aromatic rings. The third kappa shape index (κ3) is 2.58. The first kappa shape index (κ1) is 11.9. The first-order valence-corrected chi connectivity index (χ1v) is 5.85. The fraction of sp³-hybridized carbons (Fsp3) is 0.0769. The Hall–Kier alpha value is -1.55. The van der Waals surface area contributed by atoms with Crippen LogP contribution in [0.2, 0.25) is 0 Å². The zero-order valence-electron chi connectivity index (χ0n) is 9.21. The van der Waals surface area contributed by atoms with E-state index in [4.69, 9.17) is 10.5 Å². The molecule has 0 radical (unpaired) electrons. The Kier molecular flexibility index (Phi) is 3.33. The first-order valence-electron chi connectivity index (χ1n) is 5.06. The molecule has 0 unspecified atom stereocenters. The van der Waals surface area contributed by atoms with Crippen LogP contribution in [0.3, 0.4) is 0 Å². The molecule has 0 bridgehead atoms. The second kappa shape index (κ2) is 4.75. The fourth-order valence-electron chi connectivity index (χ4n) is 1.41. The Morgan fingerprint density at radius 3 is 2.71 bits per heavy atom. The van der Waals surface area contributed by atoms with Crippen molar-refractivity contribution in [2.75, 3.05) is 5.73 Å². The van der Waals surface area contributed by atoms with Crippen molar-refractivity contribution >= 4 is 21.6 Å². The van der Waals surface area contributed by atoms with Gasteiger partial charge in [0, 0.05) is 4.47 Å². The minimum Gasteiger partial charge on any atom is -0.455 e. The molecule has 0 amide bonds. The molecule has 2 aromatic carbocycles. The van der Waals surface area contributed by atoms with Gasteiger partial charge >= 0.3 is 0 Å². The normalized spacial score (nSPS) is 10.3. The topological polar surface area (TPSA) is 35.2 Å². The van der Waals surface area contributed by atoms with Gasteiger partial charge in [0.2, 0.25) is 0 Å². The Bertz CT molecular complexity index is 557. The number of benzene rings is 2. The Labute approximate surface area is 107 Å². The second-order valence-electron chi connectivity index (χ2n) is 3.66. The Morgan fingerprint density at radius 1 is 1.24 bits per heavy atom. The SMILES string of the molecule is Cc1cc(Oc2cccc(F)c2N)ccc1Br. The van der Waals surface area contributed by atoms with Crippen LogP contribution in [-0.2, 0) is 0 Å². The van der Waals surface area contributed by atoms with Crippen LogP contribution in [0.1, 0.15) is 5.56 Å². The lowest BCUT2D eigenvalue weighted by Crippen LogP contribution is -1.95. The van der Waals surface area contributed by atoms with E-state index >= 15 is 0 Å².